The molecule has 0 saturated carbocycles. The molecule has 0 bridgehead atoms. The summed E-state index contributed by atoms with van der Waals surface area (Å²) in [5, 5.41) is 8.63. The molecule has 0 radical (unpaired) electrons. The van der Waals surface area contributed by atoms with E-state index in [0.29, 0.717) is 0 Å². The number of carbonyl (C=O) groups is 3. The standard InChI is InChI=1S/C10H11N3O4/c11-8(14)5-13(6-9(15)16)10(17)7-1-3-12-4-2-7/h1-4H,5-6H2,(H2,11,14)(H,15,16). The Kier molecular flexibility index (Phi) is 4.15. The zero-order chi connectivity index (χ0) is 12.8. The smallest absolute Gasteiger partial charge is 0.323 e. The maximum atomic E-state index is 11.8. The van der Waals surface area contributed by atoms with Gasteiger partial charge in [-0.3, -0.25) is 19.4 Å². The molecule has 7 heteroatoms. The lowest BCUT2D eigenvalue weighted by atomic mass is 10.2. The van der Waals surface area contributed by atoms with E-state index in [2.05, 4.69) is 4.98 Å². The summed E-state index contributed by atoms with van der Waals surface area (Å²) in [5.74, 6) is -2.56. The van der Waals surface area contributed by atoms with Crippen molar-refractivity contribution < 1.29 is 19.5 Å². The molecular weight excluding hydrogens is 226 g/mol. The molecule has 90 valence electrons. The molecule has 1 aromatic rings. The number of carboxylic acid groups (broad SMARTS) is 1. The van der Waals surface area contributed by atoms with Crippen LogP contribution in [0.15, 0.2) is 24.5 Å². The van der Waals surface area contributed by atoms with Gasteiger partial charge in [-0.2, -0.15) is 0 Å². The summed E-state index contributed by atoms with van der Waals surface area (Å²) < 4.78 is 0. The second kappa shape index (κ2) is 5.59. The van der Waals surface area contributed by atoms with Crippen molar-refractivity contribution in [3.63, 3.8) is 0 Å². The molecule has 0 saturated heterocycles. The highest BCUT2D eigenvalue weighted by molar-refractivity contribution is 5.97. The molecule has 1 aromatic heterocycles. The number of nitrogens with zero attached hydrogens (tertiary/aromatic N) is 2. The van der Waals surface area contributed by atoms with Crippen molar-refractivity contribution in [1.82, 2.24) is 9.88 Å². The number of carbonyl (C=O) groups excluding carboxylic acids is 2. The van der Waals surface area contributed by atoms with E-state index in [1.807, 2.05) is 0 Å². The van der Waals surface area contributed by atoms with Gasteiger partial charge in [0, 0.05) is 18.0 Å². The predicted molar refractivity (Wildman–Crippen MR) is 57.0 cm³/mol. The zero-order valence-electron chi connectivity index (χ0n) is 8.87. The van der Waals surface area contributed by atoms with Gasteiger partial charge in [0.2, 0.25) is 5.91 Å². The minimum atomic E-state index is -1.21. The number of nitrogens with two attached hydrogens (primary N) is 1. The second-order valence-corrected chi connectivity index (χ2v) is 3.26. The minimum Gasteiger partial charge on any atom is -0.480 e. The summed E-state index contributed by atoms with van der Waals surface area (Å²) in [6, 6.07) is 2.86. The maximum Gasteiger partial charge on any atom is 0.323 e. The number of aliphatic carboxylic acids is 1. The Balaban J connectivity index is 2.86. The third-order valence-corrected chi connectivity index (χ3v) is 1.89. The zero-order valence-corrected chi connectivity index (χ0v) is 8.87. The molecule has 1 rings (SSSR count). The van der Waals surface area contributed by atoms with Gasteiger partial charge in [0.1, 0.15) is 13.1 Å². The number of amides is 2. The van der Waals surface area contributed by atoms with Crippen LogP contribution in [0.3, 0.4) is 0 Å². The third-order valence-electron chi connectivity index (χ3n) is 1.89. The van der Waals surface area contributed by atoms with Crippen LogP contribution >= 0.6 is 0 Å². The van der Waals surface area contributed by atoms with Gasteiger partial charge in [-0.1, -0.05) is 0 Å². The summed E-state index contributed by atoms with van der Waals surface area (Å²) >= 11 is 0. The van der Waals surface area contributed by atoms with Gasteiger partial charge in [0.25, 0.3) is 5.91 Å². The lowest BCUT2D eigenvalue weighted by Gasteiger charge is -2.18. The number of hydrogen-bond donors (Lipinski definition) is 2. The largest absolute Gasteiger partial charge is 0.480 e. The van der Waals surface area contributed by atoms with E-state index < -0.39 is 30.9 Å². The Hall–Kier alpha value is -2.44. The monoisotopic (exact) mass is 237 g/mol. The fourth-order valence-electron chi connectivity index (χ4n) is 1.23. The van der Waals surface area contributed by atoms with Gasteiger partial charge in [0.15, 0.2) is 0 Å². The number of hydrogen-bond acceptors (Lipinski definition) is 4. The number of pyridine rings is 1. The summed E-state index contributed by atoms with van der Waals surface area (Å²) in [6.45, 7) is -1.02. The Morgan fingerprint density at radius 1 is 1.24 bits per heavy atom. The van der Waals surface area contributed by atoms with Crippen molar-refractivity contribution in [1.29, 1.82) is 0 Å². The van der Waals surface area contributed by atoms with Crippen molar-refractivity contribution >= 4 is 17.8 Å². The highest BCUT2D eigenvalue weighted by atomic mass is 16.4. The summed E-state index contributed by atoms with van der Waals surface area (Å²) in [6.07, 6.45) is 2.80. The van der Waals surface area contributed by atoms with Crippen molar-refractivity contribution in [2.24, 2.45) is 5.73 Å². The van der Waals surface area contributed by atoms with Gasteiger partial charge in [0.05, 0.1) is 0 Å². The average molecular weight is 237 g/mol. The first kappa shape index (κ1) is 12.6. The first-order chi connectivity index (χ1) is 8.00. The predicted octanol–water partition coefficient (Wildman–Crippen LogP) is -0.906. The Morgan fingerprint density at radius 2 is 1.82 bits per heavy atom. The van der Waals surface area contributed by atoms with Crippen molar-refractivity contribution in [3.8, 4) is 0 Å². The van der Waals surface area contributed by atoms with E-state index in [-0.39, 0.29) is 5.56 Å². The van der Waals surface area contributed by atoms with Crippen LogP contribution < -0.4 is 5.73 Å². The van der Waals surface area contributed by atoms with Crippen LogP contribution in [0.5, 0.6) is 0 Å². The summed E-state index contributed by atoms with van der Waals surface area (Å²) in [5.41, 5.74) is 5.20. The van der Waals surface area contributed by atoms with Crippen molar-refractivity contribution in [2.75, 3.05) is 13.1 Å². The second-order valence-electron chi connectivity index (χ2n) is 3.26. The molecule has 0 spiro atoms. The van der Waals surface area contributed by atoms with E-state index >= 15 is 0 Å². The molecule has 0 aliphatic rings. The minimum absolute atomic E-state index is 0.252. The van der Waals surface area contributed by atoms with Gasteiger partial charge >= 0.3 is 5.97 Å². The first-order valence-electron chi connectivity index (χ1n) is 4.70. The molecule has 7 nitrogen and oxygen atoms in total. The molecule has 3 N–H and O–H groups in total. The Labute approximate surface area is 96.9 Å². The Morgan fingerprint density at radius 3 is 2.29 bits per heavy atom. The fraction of sp³-hybridized carbons (Fsp3) is 0.200. The van der Waals surface area contributed by atoms with Crippen LogP contribution in [0, 0.1) is 0 Å². The molecule has 0 unspecified atom stereocenters. The van der Waals surface area contributed by atoms with Crippen molar-refractivity contribution in [2.45, 2.75) is 0 Å². The van der Waals surface area contributed by atoms with E-state index in [0.717, 1.165) is 4.90 Å². The SMILES string of the molecule is NC(=O)CN(CC(=O)O)C(=O)c1ccncc1. The molecule has 1 heterocycles. The maximum absolute atomic E-state index is 11.8. The van der Waals surface area contributed by atoms with E-state index in [1.165, 1.54) is 24.5 Å². The van der Waals surface area contributed by atoms with E-state index in [1.54, 1.807) is 0 Å². The average Bonchev–Trinajstić information content (AvgIpc) is 2.27. The fourth-order valence-corrected chi connectivity index (χ4v) is 1.23. The van der Waals surface area contributed by atoms with Gasteiger partial charge < -0.3 is 15.7 Å². The first-order valence-corrected chi connectivity index (χ1v) is 4.70. The van der Waals surface area contributed by atoms with Crippen LogP contribution in [0.2, 0.25) is 0 Å². The molecule has 0 atom stereocenters. The van der Waals surface area contributed by atoms with E-state index in [9.17, 15) is 14.4 Å². The molecule has 0 aromatic carbocycles. The highest BCUT2D eigenvalue weighted by Gasteiger charge is 2.19. The lowest BCUT2D eigenvalue weighted by Crippen LogP contribution is -2.41. The van der Waals surface area contributed by atoms with Gasteiger partial charge in [-0.15, -0.1) is 0 Å². The van der Waals surface area contributed by atoms with Gasteiger partial charge in [-0.25, -0.2) is 0 Å². The van der Waals surface area contributed by atoms with Crippen LogP contribution in [0.4, 0.5) is 0 Å². The van der Waals surface area contributed by atoms with Crippen LogP contribution in [0.25, 0.3) is 0 Å². The molecule has 2 amide bonds. The van der Waals surface area contributed by atoms with Crippen LogP contribution in [-0.4, -0.2) is 45.9 Å². The molecule has 0 aliphatic carbocycles. The normalized spacial score (nSPS) is 9.65. The number of carboxylic acids is 1. The number of rotatable bonds is 5. The lowest BCUT2D eigenvalue weighted by molar-refractivity contribution is -0.138. The number of aromatic nitrogens is 1. The third kappa shape index (κ3) is 3.90. The summed E-state index contributed by atoms with van der Waals surface area (Å²) in [7, 11) is 0. The van der Waals surface area contributed by atoms with Crippen LogP contribution in [0.1, 0.15) is 10.4 Å². The number of primary amides is 1. The Bertz CT molecular complexity index is 416. The quantitative estimate of drug-likeness (QED) is 0.688. The summed E-state index contributed by atoms with van der Waals surface area (Å²) in [4.78, 5) is 37.8. The molecule has 0 aliphatic heterocycles. The van der Waals surface area contributed by atoms with E-state index in [4.69, 9.17) is 10.8 Å². The highest BCUT2D eigenvalue weighted by Crippen LogP contribution is 2.03. The molecular formula is C10H11N3O4. The molecule has 0 fully saturated rings. The topological polar surface area (TPSA) is 114 Å². The van der Waals surface area contributed by atoms with Crippen LogP contribution in [-0.2, 0) is 9.59 Å². The van der Waals surface area contributed by atoms with Crippen molar-refractivity contribution in [3.05, 3.63) is 30.1 Å². The molecule has 17 heavy (non-hydrogen) atoms. The van der Waals surface area contributed by atoms with Gasteiger partial charge in [-0.05, 0) is 12.1 Å².